The minimum Gasteiger partial charge on any atom is -0.341 e. The normalized spacial score (nSPS) is 24.7. The van der Waals surface area contributed by atoms with Crippen LogP contribution in [0.3, 0.4) is 0 Å². The molecule has 0 aromatic rings. The van der Waals surface area contributed by atoms with Gasteiger partial charge in [0, 0.05) is 44.1 Å². The molecule has 3 aliphatic rings. The van der Waals surface area contributed by atoms with Gasteiger partial charge in [-0.25, -0.2) is 0 Å². The fourth-order valence-corrected chi connectivity index (χ4v) is 6.37. The Hall–Kier alpha value is -0.360. The van der Waals surface area contributed by atoms with Gasteiger partial charge in [0.05, 0.1) is 0 Å². The molecule has 0 radical (unpaired) electrons. The van der Waals surface area contributed by atoms with Crippen LogP contribution in [0.4, 0.5) is 0 Å². The van der Waals surface area contributed by atoms with E-state index in [-0.39, 0.29) is 10.5 Å². The zero-order chi connectivity index (χ0) is 15.4. The number of rotatable bonds is 3. The highest BCUT2D eigenvalue weighted by atomic mass is 32.2. The van der Waals surface area contributed by atoms with Crippen LogP contribution in [0.5, 0.6) is 0 Å². The van der Waals surface area contributed by atoms with E-state index in [2.05, 4.69) is 0 Å². The molecular weight excluding hydrogens is 316 g/mol. The van der Waals surface area contributed by atoms with Crippen LogP contribution >= 0.6 is 23.5 Å². The number of hydrogen-bond acceptors (Lipinski definition) is 4. The van der Waals surface area contributed by atoms with Crippen LogP contribution in [0.2, 0.25) is 0 Å². The van der Waals surface area contributed by atoms with Crippen molar-refractivity contribution in [1.82, 2.24) is 9.80 Å². The molecule has 1 aliphatic carbocycles. The van der Waals surface area contributed by atoms with Gasteiger partial charge < -0.3 is 9.80 Å². The Morgan fingerprint density at radius 3 is 2.23 bits per heavy atom. The quantitative estimate of drug-likeness (QED) is 0.790. The highest BCUT2D eigenvalue weighted by molar-refractivity contribution is 8.21. The van der Waals surface area contributed by atoms with Gasteiger partial charge in [0.25, 0.3) is 0 Å². The minimum absolute atomic E-state index is 0.0979. The topological polar surface area (TPSA) is 40.6 Å². The van der Waals surface area contributed by atoms with E-state index >= 15 is 0 Å². The summed E-state index contributed by atoms with van der Waals surface area (Å²) in [7, 11) is 0. The lowest BCUT2D eigenvalue weighted by Crippen LogP contribution is -2.40. The fourth-order valence-electron chi connectivity index (χ4n) is 3.63. The molecule has 2 aliphatic heterocycles. The molecule has 22 heavy (non-hydrogen) atoms. The molecule has 0 unspecified atom stereocenters. The zero-order valence-electron chi connectivity index (χ0n) is 13.2. The SMILES string of the molecule is O=C(CC1CCCC1)N1CCCN(C(=O)C2SCCS2)CC1. The number of thioether (sulfide) groups is 2. The summed E-state index contributed by atoms with van der Waals surface area (Å²) in [4.78, 5) is 28.9. The maximum absolute atomic E-state index is 12.5. The molecule has 1 saturated carbocycles. The Bertz CT molecular complexity index is 407. The summed E-state index contributed by atoms with van der Waals surface area (Å²) in [6.45, 7) is 3.07. The minimum atomic E-state index is 0.0979. The molecule has 3 fully saturated rings. The summed E-state index contributed by atoms with van der Waals surface area (Å²) in [6.07, 6.45) is 6.67. The summed E-state index contributed by atoms with van der Waals surface area (Å²) in [6, 6.07) is 0. The van der Waals surface area contributed by atoms with E-state index in [9.17, 15) is 9.59 Å². The lowest BCUT2D eigenvalue weighted by molar-refractivity contribution is -0.133. The number of hydrogen-bond donors (Lipinski definition) is 0. The largest absolute Gasteiger partial charge is 0.341 e. The first-order valence-corrected chi connectivity index (χ1v) is 10.6. The van der Waals surface area contributed by atoms with Crippen molar-refractivity contribution in [3.8, 4) is 0 Å². The molecule has 0 spiro atoms. The third kappa shape index (κ3) is 4.13. The van der Waals surface area contributed by atoms with Crippen LogP contribution in [0.1, 0.15) is 38.5 Å². The van der Waals surface area contributed by atoms with Gasteiger partial charge in [0.1, 0.15) is 4.58 Å². The van der Waals surface area contributed by atoms with Gasteiger partial charge in [-0.3, -0.25) is 9.59 Å². The van der Waals surface area contributed by atoms with Crippen LogP contribution in [-0.2, 0) is 9.59 Å². The van der Waals surface area contributed by atoms with Gasteiger partial charge >= 0.3 is 0 Å². The second kappa shape index (κ2) is 7.95. The second-order valence-corrected chi connectivity index (χ2v) is 9.21. The Morgan fingerprint density at radius 2 is 1.50 bits per heavy atom. The molecular formula is C16H26N2O2S2. The summed E-state index contributed by atoms with van der Waals surface area (Å²) in [5.41, 5.74) is 0. The van der Waals surface area contributed by atoms with Gasteiger partial charge in [0.2, 0.25) is 11.8 Å². The highest BCUT2D eigenvalue weighted by Gasteiger charge is 2.30. The monoisotopic (exact) mass is 342 g/mol. The maximum Gasteiger partial charge on any atom is 0.245 e. The lowest BCUT2D eigenvalue weighted by Gasteiger charge is -2.24. The maximum atomic E-state index is 12.5. The molecule has 0 bridgehead atoms. The average Bonchev–Trinajstić information content (AvgIpc) is 3.16. The first-order chi connectivity index (χ1) is 10.7. The van der Waals surface area contributed by atoms with Crippen LogP contribution in [0.25, 0.3) is 0 Å². The lowest BCUT2D eigenvalue weighted by atomic mass is 10.0. The van der Waals surface area contributed by atoms with Gasteiger partial charge in [-0.1, -0.05) is 12.8 Å². The first kappa shape index (κ1) is 16.5. The zero-order valence-corrected chi connectivity index (χ0v) is 14.8. The molecule has 2 amide bonds. The van der Waals surface area contributed by atoms with Crippen LogP contribution < -0.4 is 0 Å². The molecule has 2 saturated heterocycles. The van der Waals surface area contributed by atoms with E-state index < -0.39 is 0 Å². The number of amides is 2. The molecule has 3 rings (SSSR count). The van der Waals surface area contributed by atoms with Gasteiger partial charge in [0.15, 0.2) is 0 Å². The Balaban J connectivity index is 1.48. The van der Waals surface area contributed by atoms with E-state index in [1.807, 2.05) is 9.80 Å². The summed E-state index contributed by atoms with van der Waals surface area (Å²) in [5.74, 6) is 3.37. The van der Waals surface area contributed by atoms with E-state index in [1.165, 1.54) is 25.7 Å². The summed E-state index contributed by atoms with van der Waals surface area (Å²) >= 11 is 3.54. The van der Waals surface area contributed by atoms with Gasteiger partial charge in [-0.15, -0.1) is 23.5 Å². The van der Waals surface area contributed by atoms with E-state index in [0.29, 0.717) is 18.4 Å². The standard InChI is InChI=1S/C16H26N2O2S2/c19-14(12-13-4-1-2-5-13)17-6-3-7-18(9-8-17)15(20)16-21-10-11-22-16/h13,16H,1-12H2. The molecule has 124 valence electrons. The van der Waals surface area contributed by atoms with E-state index in [0.717, 1.165) is 44.0 Å². The van der Waals surface area contributed by atoms with Crippen LogP contribution in [0.15, 0.2) is 0 Å². The van der Waals surface area contributed by atoms with Crippen molar-refractivity contribution in [2.45, 2.75) is 43.1 Å². The van der Waals surface area contributed by atoms with Crippen molar-refractivity contribution in [2.24, 2.45) is 5.92 Å². The van der Waals surface area contributed by atoms with Crippen LogP contribution in [-0.4, -0.2) is 63.9 Å². The molecule has 0 aromatic carbocycles. The molecule has 2 heterocycles. The Morgan fingerprint density at radius 1 is 0.864 bits per heavy atom. The molecule has 0 N–H and O–H groups in total. The predicted molar refractivity (Wildman–Crippen MR) is 93.1 cm³/mol. The van der Waals surface area contributed by atoms with Crippen molar-refractivity contribution in [1.29, 1.82) is 0 Å². The Kier molecular flexibility index (Phi) is 5.96. The fraction of sp³-hybridized carbons (Fsp3) is 0.875. The van der Waals surface area contributed by atoms with Crippen molar-refractivity contribution >= 4 is 35.3 Å². The average molecular weight is 343 g/mol. The molecule has 4 nitrogen and oxygen atoms in total. The number of carbonyl (C=O) groups is 2. The van der Waals surface area contributed by atoms with E-state index in [4.69, 9.17) is 0 Å². The predicted octanol–water partition coefficient (Wildman–Crippen LogP) is 2.43. The first-order valence-electron chi connectivity index (χ1n) is 8.54. The Labute approximate surface area is 141 Å². The number of carbonyl (C=O) groups excluding carboxylic acids is 2. The van der Waals surface area contributed by atoms with Gasteiger partial charge in [-0.05, 0) is 25.2 Å². The summed E-state index contributed by atoms with van der Waals surface area (Å²) in [5, 5.41) is 0. The molecule has 0 atom stereocenters. The highest BCUT2D eigenvalue weighted by Crippen LogP contribution is 2.33. The molecule has 0 aromatic heterocycles. The van der Waals surface area contributed by atoms with E-state index in [1.54, 1.807) is 23.5 Å². The van der Waals surface area contributed by atoms with Crippen molar-refractivity contribution in [2.75, 3.05) is 37.7 Å². The third-order valence-corrected chi connectivity index (χ3v) is 7.89. The van der Waals surface area contributed by atoms with Crippen molar-refractivity contribution < 1.29 is 9.59 Å². The van der Waals surface area contributed by atoms with Gasteiger partial charge in [-0.2, -0.15) is 0 Å². The smallest absolute Gasteiger partial charge is 0.245 e. The second-order valence-electron chi connectivity index (χ2n) is 6.49. The third-order valence-electron chi connectivity index (χ3n) is 4.92. The van der Waals surface area contributed by atoms with Crippen LogP contribution in [0, 0.1) is 5.92 Å². The van der Waals surface area contributed by atoms with Crippen molar-refractivity contribution in [3.63, 3.8) is 0 Å². The van der Waals surface area contributed by atoms with Crippen molar-refractivity contribution in [3.05, 3.63) is 0 Å². The number of nitrogens with zero attached hydrogens (tertiary/aromatic N) is 2. The molecule has 6 heteroatoms. The summed E-state index contributed by atoms with van der Waals surface area (Å²) < 4.78 is 0.0979.